The van der Waals surface area contributed by atoms with Gasteiger partial charge in [0.15, 0.2) is 0 Å². The Morgan fingerprint density at radius 1 is 1.43 bits per heavy atom. The quantitative estimate of drug-likeness (QED) is 0.740. The lowest BCUT2D eigenvalue weighted by Crippen LogP contribution is -2.03. The summed E-state index contributed by atoms with van der Waals surface area (Å²) < 4.78 is 7.24. The number of methoxy groups -OCH3 is 1. The van der Waals surface area contributed by atoms with Crippen molar-refractivity contribution < 1.29 is 4.74 Å². The summed E-state index contributed by atoms with van der Waals surface area (Å²) in [7, 11) is 1.72. The predicted molar refractivity (Wildman–Crippen MR) is 56.3 cm³/mol. The molecule has 0 aliphatic heterocycles. The minimum atomic E-state index is 0.734. The smallest absolute Gasteiger partial charge is 0.0883 e. The van der Waals surface area contributed by atoms with Gasteiger partial charge in [0.05, 0.1) is 17.6 Å². The third-order valence-electron chi connectivity index (χ3n) is 2.39. The first kappa shape index (κ1) is 9.21. The second-order valence-electron chi connectivity index (χ2n) is 3.36. The highest BCUT2D eigenvalue weighted by atomic mass is 16.5. The first-order valence-corrected chi connectivity index (χ1v) is 4.72. The van der Waals surface area contributed by atoms with Crippen LogP contribution in [0.2, 0.25) is 0 Å². The van der Waals surface area contributed by atoms with Crippen LogP contribution < -0.4 is 0 Å². The van der Waals surface area contributed by atoms with E-state index in [1.807, 2.05) is 18.3 Å². The van der Waals surface area contributed by atoms with Crippen LogP contribution in [-0.4, -0.2) is 23.3 Å². The second-order valence-corrected chi connectivity index (χ2v) is 3.36. The normalized spacial score (nSPS) is 11.0. The Labute approximate surface area is 83.3 Å². The van der Waals surface area contributed by atoms with Crippen LogP contribution in [0.3, 0.4) is 0 Å². The number of aromatic nitrogens is 2. The van der Waals surface area contributed by atoms with Crippen molar-refractivity contribution in [2.75, 3.05) is 13.7 Å². The molecule has 0 aromatic carbocycles. The van der Waals surface area contributed by atoms with Gasteiger partial charge in [-0.05, 0) is 24.6 Å². The third kappa shape index (κ3) is 1.51. The Hall–Kier alpha value is -1.35. The zero-order chi connectivity index (χ0) is 9.97. The number of ether oxygens (including phenoxy) is 1. The molecule has 3 nitrogen and oxygen atoms in total. The Balaban J connectivity index is 2.45. The third-order valence-corrected chi connectivity index (χ3v) is 2.39. The lowest BCUT2D eigenvalue weighted by molar-refractivity contribution is 0.188. The van der Waals surface area contributed by atoms with Crippen molar-refractivity contribution >= 4 is 11.0 Å². The Bertz CT molecular complexity index is 434. The van der Waals surface area contributed by atoms with Gasteiger partial charge in [0, 0.05) is 26.0 Å². The summed E-state index contributed by atoms with van der Waals surface area (Å²) in [6.45, 7) is 3.72. The molecule has 0 amide bonds. The molecule has 2 aromatic rings. The van der Waals surface area contributed by atoms with E-state index in [0.717, 1.165) is 18.7 Å². The van der Waals surface area contributed by atoms with Crippen molar-refractivity contribution in [3.05, 3.63) is 30.1 Å². The lowest BCUT2D eigenvalue weighted by atomic mass is 10.2. The van der Waals surface area contributed by atoms with Gasteiger partial charge in [0.25, 0.3) is 0 Å². The number of nitrogens with zero attached hydrogens (tertiary/aromatic N) is 2. The van der Waals surface area contributed by atoms with Crippen molar-refractivity contribution in [3.8, 4) is 0 Å². The summed E-state index contributed by atoms with van der Waals surface area (Å²) in [5, 5.41) is 0. The van der Waals surface area contributed by atoms with E-state index in [9.17, 15) is 0 Å². The molecule has 0 saturated carbocycles. The molecule has 2 rings (SSSR count). The number of pyridine rings is 1. The summed E-state index contributed by atoms with van der Waals surface area (Å²) in [4.78, 5) is 4.31. The van der Waals surface area contributed by atoms with E-state index in [0.29, 0.717) is 0 Å². The fourth-order valence-electron chi connectivity index (χ4n) is 1.68. The number of rotatable bonds is 3. The average Bonchev–Trinajstić information content (AvgIpc) is 2.59. The van der Waals surface area contributed by atoms with Gasteiger partial charge in [-0.15, -0.1) is 0 Å². The summed E-state index contributed by atoms with van der Waals surface area (Å²) >= 11 is 0. The Kier molecular flexibility index (Phi) is 2.50. The molecule has 14 heavy (non-hydrogen) atoms. The minimum Gasteiger partial charge on any atom is -0.383 e. The van der Waals surface area contributed by atoms with Crippen molar-refractivity contribution in [2.24, 2.45) is 0 Å². The van der Waals surface area contributed by atoms with Gasteiger partial charge >= 0.3 is 0 Å². The van der Waals surface area contributed by atoms with Gasteiger partial charge in [-0.25, -0.2) is 0 Å². The summed E-state index contributed by atoms with van der Waals surface area (Å²) in [5.41, 5.74) is 3.53. The fourth-order valence-corrected chi connectivity index (χ4v) is 1.68. The van der Waals surface area contributed by atoms with Crippen molar-refractivity contribution in [2.45, 2.75) is 13.5 Å². The maximum Gasteiger partial charge on any atom is 0.0883 e. The molecule has 3 heteroatoms. The zero-order valence-electron chi connectivity index (χ0n) is 8.53. The average molecular weight is 190 g/mol. The molecule has 0 saturated heterocycles. The van der Waals surface area contributed by atoms with Gasteiger partial charge in [-0.2, -0.15) is 0 Å². The minimum absolute atomic E-state index is 0.734. The van der Waals surface area contributed by atoms with E-state index < -0.39 is 0 Å². The maximum absolute atomic E-state index is 5.06. The Morgan fingerprint density at radius 3 is 3.07 bits per heavy atom. The molecule has 2 heterocycles. The van der Waals surface area contributed by atoms with E-state index in [-0.39, 0.29) is 0 Å². The van der Waals surface area contributed by atoms with Crippen LogP contribution in [0, 0.1) is 6.92 Å². The predicted octanol–water partition coefficient (Wildman–Crippen LogP) is 1.99. The van der Waals surface area contributed by atoms with Gasteiger partial charge in [-0.1, -0.05) is 0 Å². The molecule has 0 atom stereocenters. The van der Waals surface area contributed by atoms with Crippen LogP contribution in [0.25, 0.3) is 11.0 Å². The van der Waals surface area contributed by atoms with Crippen LogP contribution >= 0.6 is 0 Å². The topological polar surface area (TPSA) is 27.1 Å². The van der Waals surface area contributed by atoms with Gasteiger partial charge in [0.2, 0.25) is 0 Å². The van der Waals surface area contributed by atoms with Crippen molar-refractivity contribution in [1.82, 2.24) is 9.55 Å². The standard InChI is InChI=1S/C11H14N2O/c1-9-3-5-12-10-4-6-13(11(9)10)7-8-14-2/h3-6H,7-8H2,1-2H3. The first-order valence-electron chi connectivity index (χ1n) is 4.72. The molecule has 0 radical (unpaired) electrons. The molecule has 0 fully saturated rings. The number of hydrogen-bond donors (Lipinski definition) is 0. The van der Waals surface area contributed by atoms with E-state index in [4.69, 9.17) is 4.74 Å². The van der Waals surface area contributed by atoms with Crippen LogP contribution in [0.5, 0.6) is 0 Å². The number of hydrogen-bond acceptors (Lipinski definition) is 2. The summed E-state index contributed by atoms with van der Waals surface area (Å²) in [6.07, 6.45) is 3.90. The number of aryl methyl sites for hydroxylation is 1. The molecule has 0 N–H and O–H groups in total. The summed E-state index contributed by atoms with van der Waals surface area (Å²) in [5.74, 6) is 0. The molecular formula is C11H14N2O. The maximum atomic E-state index is 5.06. The molecular weight excluding hydrogens is 176 g/mol. The fraction of sp³-hybridized carbons (Fsp3) is 0.364. The molecule has 0 unspecified atom stereocenters. The van der Waals surface area contributed by atoms with E-state index in [2.05, 4.69) is 22.7 Å². The molecule has 74 valence electrons. The second kappa shape index (κ2) is 3.80. The molecule has 0 aliphatic carbocycles. The Morgan fingerprint density at radius 2 is 2.29 bits per heavy atom. The lowest BCUT2D eigenvalue weighted by Gasteiger charge is -2.05. The van der Waals surface area contributed by atoms with E-state index >= 15 is 0 Å². The van der Waals surface area contributed by atoms with Gasteiger partial charge in [-0.3, -0.25) is 4.98 Å². The SMILES string of the molecule is COCCn1ccc2nccc(C)c21. The highest BCUT2D eigenvalue weighted by Crippen LogP contribution is 2.16. The van der Waals surface area contributed by atoms with Crippen LogP contribution in [-0.2, 0) is 11.3 Å². The number of fused-ring (bicyclic) bond motifs is 1. The summed E-state index contributed by atoms with van der Waals surface area (Å²) in [6, 6.07) is 4.07. The van der Waals surface area contributed by atoms with Crippen LogP contribution in [0.4, 0.5) is 0 Å². The van der Waals surface area contributed by atoms with Gasteiger partial charge < -0.3 is 9.30 Å². The van der Waals surface area contributed by atoms with Gasteiger partial charge in [0.1, 0.15) is 0 Å². The van der Waals surface area contributed by atoms with E-state index in [1.165, 1.54) is 11.1 Å². The monoisotopic (exact) mass is 190 g/mol. The largest absolute Gasteiger partial charge is 0.383 e. The molecule has 0 spiro atoms. The van der Waals surface area contributed by atoms with Crippen LogP contribution in [0.15, 0.2) is 24.5 Å². The first-order chi connectivity index (χ1) is 6.83. The van der Waals surface area contributed by atoms with Crippen molar-refractivity contribution in [3.63, 3.8) is 0 Å². The van der Waals surface area contributed by atoms with E-state index in [1.54, 1.807) is 7.11 Å². The molecule has 2 aromatic heterocycles. The highest BCUT2D eigenvalue weighted by Gasteiger charge is 2.03. The molecule has 0 bridgehead atoms. The van der Waals surface area contributed by atoms with Crippen LogP contribution in [0.1, 0.15) is 5.56 Å². The molecule has 0 aliphatic rings. The highest BCUT2D eigenvalue weighted by molar-refractivity contribution is 5.78. The zero-order valence-corrected chi connectivity index (χ0v) is 8.53. The van der Waals surface area contributed by atoms with Crippen molar-refractivity contribution in [1.29, 1.82) is 0 Å².